The second-order valence-electron chi connectivity index (χ2n) is 11.4. The molecule has 0 heterocycles. The smallest absolute Gasteiger partial charge is 0.222 e. The van der Waals surface area contributed by atoms with E-state index in [2.05, 4.69) is 55.6 Å². The molecule has 0 aliphatic carbocycles. The van der Waals surface area contributed by atoms with Gasteiger partial charge in [-0.25, -0.2) is 0 Å². The highest BCUT2D eigenvalue weighted by Gasteiger charge is 2.19. The van der Waals surface area contributed by atoms with Crippen molar-refractivity contribution in [3.63, 3.8) is 0 Å². The van der Waals surface area contributed by atoms with E-state index in [4.69, 9.17) is 0 Å². The summed E-state index contributed by atoms with van der Waals surface area (Å²) >= 11 is 0. The van der Waals surface area contributed by atoms with Crippen molar-refractivity contribution in [1.29, 1.82) is 0 Å². The molecule has 0 rings (SSSR count). The van der Waals surface area contributed by atoms with Crippen molar-refractivity contribution in [3.05, 3.63) is 48.6 Å². The van der Waals surface area contributed by atoms with Gasteiger partial charge < -0.3 is 20.6 Å². The average Bonchev–Trinajstić information content (AvgIpc) is 2.96. The highest BCUT2D eigenvalue weighted by atomic mass is 16.3. The molecule has 41 heavy (non-hydrogen) atoms. The minimum Gasteiger partial charge on any atom is -0.394 e. The van der Waals surface area contributed by atoms with E-state index in [9.17, 15) is 20.1 Å². The number of carbonyl (C=O) groups is 1. The quantitative estimate of drug-likeness (QED) is 0.0531. The molecule has 0 aromatic carbocycles. The van der Waals surface area contributed by atoms with E-state index in [1.807, 2.05) is 6.08 Å². The van der Waals surface area contributed by atoms with E-state index in [1.165, 1.54) is 77.0 Å². The van der Waals surface area contributed by atoms with Crippen LogP contribution in [-0.4, -0.2) is 46.1 Å². The number of nitrogens with one attached hydrogen (secondary N) is 1. The van der Waals surface area contributed by atoms with E-state index in [0.717, 1.165) is 44.9 Å². The van der Waals surface area contributed by atoms with Crippen molar-refractivity contribution >= 4 is 5.91 Å². The Kier molecular flexibility index (Phi) is 30.0. The zero-order chi connectivity index (χ0) is 30.2. The maximum Gasteiger partial charge on any atom is 0.222 e. The Morgan fingerprint density at radius 1 is 0.610 bits per heavy atom. The maximum absolute atomic E-state index is 12.3. The molecule has 0 saturated carbocycles. The van der Waals surface area contributed by atoms with Crippen LogP contribution in [0.25, 0.3) is 0 Å². The Hall–Kier alpha value is -1.69. The van der Waals surface area contributed by atoms with Crippen molar-refractivity contribution in [3.8, 4) is 0 Å². The van der Waals surface area contributed by atoms with Crippen LogP contribution in [0.1, 0.15) is 149 Å². The van der Waals surface area contributed by atoms with Crippen LogP contribution < -0.4 is 5.32 Å². The third-order valence-corrected chi connectivity index (χ3v) is 7.32. The van der Waals surface area contributed by atoms with Gasteiger partial charge in [-0.3, -0.25) is 4.79 Å². The van der Waals surface area contributed by atoms with Crippen LogP contribution in [0.3, 0.4) is 0 Å². The SMILES string of the molecule is CCCCCCC/C=C/CC/C=C/CC/C=C/C(O)C(CO)NC(=O)CC(O)CCC/C=C\CCCCCCCC. The zero-order valence-electron chi connectivity index (χ0n) is 26.7. The Morgan fingerprint density at radius 2 is 1.05 bits per heavy atom. The van der Waals surface area contributed by atoms with Crippen LogP contribution in [0.2, 0.25) is 0 Å². The van der Waals surface area contributed by atoms with Crippen molar-refractivity contribution in [2.45, 2.75) is 167 Å². The van der Waals surface area contributed by atoms with Gasteiger partial charge in [-0.1, -0.05) is 120 Å². The van der Waals surface area contributed by atoms with E-state index in [-0.39, 0.29) is 18.9 Å². The molecule has 5 nitrogen and oxygen atoms in total. The van der Waals surface area contributed by atoms with Gasteiger partial charge in [-0.15, -0.1) is 0 Å². The molecule has 0 aromatic heterocycles. The topological polar surface area (TPSA) is 89.8 Å². The van der Waals surface area contributed by atoms with Gasteiger partial charge in [0.05, 0.1) is 31.3 Å². The van der Waals surface area contributed by atoms with Gasteiger partial charge in [0.15, 0.2) is 0 Å². The van der Waals surface area contributed by atoms with E-state index in [1.54, 1.807) is 6.08 Å². The summed E-state index contributed by atoms with van der Waals surface area (Å²) in [5, 5.41) is 32.8. The largest absolute Gasteiger partial charge is 0.394 e. The zero-order valence-corrected chi connectivity index (χ0v) is 26.7. The molecule has 0 aromatic rings. The maximum atomic E-state index is 12.3. The molecule has 0 aliphatic rings. The lowest BCUT2D eigenvalue weighted by molar-refractivity contribution is -0.124. The lowest BCUT2D eigenvalue weighted by Gasteiger charge is -2.20. The number of aliphatic hydroxyl groups excluding tert-OH is 3. The highest BCUT2D eigenvalue weighted by Crippen LogP contribution is 2.10. The second kappa shape index (κ2) is 31.3. The summed E-state index contributed by atoms with van der Waals surface area (Å²) in [6.45, 7) is 4.12. The predicted octanol–water partition coefficient (Wildman–Crippen LogP) is 8.64. The van der Waals surface area contributed by atoms with Gasteiger partial charge in [0, 0.05) is 0 Å². The number of rotatable bonds is 29. The molecule has 0 bridgehead atoms. The van der Waals surface area contributed by atoms with Crippen molar-refractivity contribution in [2.75, 3.05) is 6.61 Å². The number of carbonyl (C=O) groups excluding carboxylic acids is 1. The third kappa shape index (κ3) is 28.2. The Labute approximate surface area is 253 Å². The Bertz CT molecular complexity index is 685. The highest BCUT2D eigenvalue weighted by molar-refractivity contribution is 5.76. The molecule has 0 aliphatic heterocycles. The van der Waals surface area contributed by atoms with Crippen molar-refractivity contribution < 1.29 is 20.1 Å². The minimum absolute atomic E-state index is 0.0205. The molecule has 5 heteroatoms. The van der Waals surface area contributed by atoms with Crippen LogP contribution in [0.4, 0.5) is 0 Å². The van der Waals surface area contributed by atoms with Crippen LogP contribution in [0.5, 0.6) is 0 Å². The summed E-state index contributed by atoms with van der Waals surface area (Å²) in [4.78, 5) is 12.3. The number of amides is 1. The summed E-state index contributed by atoms with van der Waals surface area (Å²) in [5.41, 5.74) is 0. The third-order valence-electron chi connectivity index (χ3n) is 7.32. The lowest BCUT2D eigenvalue weighted by atomic mass is 10.1. The molecule has 1 amide bonds. The van der Waals surface area contributed by atoms with Crippen molar-refractivity contribution in [2.24, 2.45) is 0 Å². The Morgan fingerprint density at radius 3 is 1.56 bits per heavy atom. The standard InChI is InChI=1S/C36H65NO4/c1-3-5-7-9-11-13-15-16-17-18-20-22-24-26-28-30-35(40)34(32-38)37-36(41)31-33(39)29-27-25-23-21-19-14-12-10-8-6-4-2/h15-16,20-23,28,30,33-35,38-40H,3-14,17-19,24-27,29,31-32H2,1-2H3,(H,37,41)/b16-15+,22-20+,23-21-,30-28+. The summed E-state index contributed by atoms with van der Waals surface area (Å²) in [7, 11) is 0. The van der Waals surface area contributed by atoms with Crippen molar-refractivity contribution in [1.82, 2.24) is 5.32 Å². The number of aliphatic hydroxyl groups is 3. The average molecular weight is 576 g/mol. The molecule has 0 saturated heterocycles. The van der Waals surface area contributed by atoms with Gasteiger partial charge in [-0.2, -0.15) is 0 Å². The van der Waals surface area contributed by atoms with Gasteiger partial charge in [0.2, 0.25) is 5.91 Å². The van der Waals surface area contributed by atoms with E-state index in [0.29, 0.717) is 6.42 Å². The first-order valence-corrected chi connectivity index (χ1v) is 16.9. The second-order valence-corrected chi connectivity index (χ2v) is 11.4. The van der Waals surface area contributed by atoms with E-state index >= 15 is 0 Å². The van der Waals surface area contributed by atoms with Crippen LogP contribution in [0.15, 0.2) is 48.6 Å². The summed E-state index contributed by atoms with van der Waals surface area (Å²) < 4.78 is 0. The normalized spacial score (nSPS) is 14.6. The first kappa shape index (κ1) is 39.3. The number of unbranched alkanes of at least 4 members (excludes halogenated alkanes) is 14. The van der Waals surface area contributed by atoms with Crippen LogP contribution in [-0.2, 0) is 4.79 Å². The van der Waals surface area contributed by atoms with Crippen LogP contribution in [0, 0.1) is 0 Å². The predicted molar refractivity (Wildman–Crippen MR) is 176 cm³/mol. The molecule has 4 N–H and O–H groups in total. The number of allylic oxidation sites excluding steroid dienone is 7. The lowest BCUT2D eigenvalue weighted by Crippen LogP contribution is -2.45. The molecule has 0 spiro atoms. The Balaban J connectivity index is 3.92. The number of hydrogen-bond donors (Lipinski definition) is 4. The van der Waals surface area contributed by atoms with Gasteiger partial charge >= 0.3 is 0 Å². The summed E-state index contributed by atoms with van der Waals surface area (Å²) in [6.07, 6.45) is 38.0. The fraction of sp³-hybridized carbons (Fsp3) is 0.750. The minimum atomic E-state index is -0.964. The molecular weight excluding hydrogens is 510 g/mol. The molecule has 3 unspecified atom stereocenters. The van der Waals surface area contributed by atoms with Gasteiger partial charge in [0.1, 0.15) is 0 Å². The fourth-order valence-electron chi connectivity index (χ4n) is 4.66. The van der Waals surface area contributed by atoms with E-state index < -0.39 is 18.2 Å². The molecule has 3 atom stereocenters. The first-order valence-electron chi connectivity index (χ1n) is 16.9. The molecular formula is C36H65NO4. The molecule has 0 radical (unpaired) electrons. The monoisotopic (exact) mass is 575 g/mol. The van der Waals surface area contributed by atoms with Gasteiger partial charge in [-0.05, 0) is 70.6 Å². The van der Waals surface area contributed by atoms with Crippen LogP contribution >= 0.6 is 0 Å². The molecule has 238 valence electrons. The summed E-state index contributed by atoms with van der Waals surface area (Å²) in [6, 6.07) is -0.773. The van der Waals surface area contributed by atoms with Gasteiger partial charge in [0.25, 0.3) is 0 Å². The first-order chi connectivity index (χ1) is 20.0. The summed E-state index contributed by atoms with van der Waals surface area (Å²) in [5.74, 6) is -0.351. The fourth-order valence-corrected chi connectivity index (χ4v) is 4.66. The number of hydrogen-bond acceptors (Lipinski definition) is 4. The molecule has 0 fully saturated rings.